The fourth-order valence-electron chi connectivity index (χ4n) is 4.00. The number of nitrogens with zero attached hydrogens (tertiary/aromatic N) is 3. The van der Waals surface area contributed by atoms with Gasteiger partial charge in [0, 0.05) is 41.4 Å². The van der Waals surface area contributed by atoms with E-state index < -0.39 is 0 Å². The molecule has 3 aromatic heterocycles. The van der Waals surface area contributed by atoms with Gasteiger partial charge in [-0.15, -0.1) is 11.3 Å². The fraction of sp³-hybridized carbons (Fsp3) is 0.130. The zero-order valence-electron chi connectivity index (χ0n) is 16.4. The molecule has 0 aliphatic heterocycles. The van der Waals surface area contributed by atoms with Gasteiger partial charge < -0.3 is 9.67 Å². The molecule has 1 N–H and O–H groups in total. The van der Waals surface area contributed by atoms with Crippen molar-refractivity contribution in [2.45, 2.75) is 6.61 Å². The van der Waals surface area contributed by atoms with Crippen molar-refractivity contribution in [2.75, 3.05) is 0 Å². The summed E-state index contributed by atoms with van der Waals surface area (Å²) in [4.78, 5) is 17.5. The lowest BCUT2D eigenvalue weighted by atomic mass is 10.0. The molecule has 0 spiro atoms. The summed E-state index contributed by atoms with van der Waals surface area (Å²) in [6.07, 6.45) is 0. The van der Waals surface area contributed by atoms with Crippen molar-refractivity contribution in [2.24, 2.45) is 14.1 Å². The third-order valence-electron chi connectivity index (χ3n) is 5.49. The normalized spacial score (nSPS) is 11.6. The van der Waals surface area contributed by atoms with Crippen LogP contribution in [0.2, 0.25) is 0 Å². The molecule has 0 unspecified atom stereocenters. The molecule has 0 amide bonds. The van der Waals surface area contributed by atoms with Gasteiger partial charge in [-0.25, -0.2) is 9.37 Å². The highest BCUT2D eigenvalue weighted by Gasteiger charge is 2.17. The van der Waals surface area contributed by atoms with Gasteiger partial charge in [-0.2, -0.15) is 0 Å². The number of aryl methyl sites for hydroxylation is 2. The average molecular weight is 419 g/mol. The molecule has 5 aromatic rings. The number of hydrogen-bond donors (Lipinski definition) is 1. The molecule has 0 aliphatic rings. The second-order valence-electron chi connectivity index (χ2n) is 7.24. The summed E-state index contributed by atoms with van der Waals surface area (Å²) in [5.41, 5.74) is 4.64. The van der Waals surface area contributed by atoms with Crippen molar-refractivity contribution in [1.29, 1.82) is 0 Å². The highest BCUT2D eigenvalue weighted by atomic mass is 32.1. The van der Waals surface area contributed by atoms with Crippen molar-refractivity contribution < 1.29 is 9.50 Å². The minimum Gasteiger partial charge on any atom is -0.389 e. The largest absolute Gasteiger partial charge is 0.389 e. The van der Waals surface area contributed by atoms with Crippen LogP contribution in [0.25, 0.3) is 44.3 Å². The van der Waals surface area contributed by atoms with Gasteiger partial charge in [0.25, 0.3) is 5.56 Å². The highest BCUT2D eigenvalue weighted by Crippen LogP contribution is 2.33. The number of hydrogen-bond acceptors (Lipinski definition) is 4. The molecule has 5 rings (SSSR count). The first-order chi connectivity index (χ1) is 14.5. The van der Waals surface area contributed by atoms with Crippen LogP contribution in [0.4, 0.5) is 4.39 Å². The number of aliphatic hydroxyl groups excluding tert-OH is 1. The SMILES string of the molecule is Cn1c(=O)c(-c2ccc(F)cc2)cc2c3cc(-c4csc(CO)n4)ccc3n(C)c21. The van der Waals surface area contributed by atoms with E-state index >= 15 is 0 Å². The molecule has 5 nitrogen and oxygen atoms in total. The minimum atomic E-state index is -0.336. The van der Waals surface area contributed by atoms with Gasteiger partial charge in [-0.3, -0.25) is 9.36 Å². The summed E-state index contributed by atoms with van der Waals surface area (Å²) in [6, 6.07) is 13.9. The van der Waals surface area contributed by atoms with Gasteiger partial charge in [0.2, 0.25) is 0 Å². The van der Waals surface area contributed by atoms with E-state index in [4.69, 9.17) is 0 Å². The molecular formula is C23H18FN3O2S. The van der Waals surface area contributed by atoms with E-state index in [-0.39, 0.29) is 18.0 Å². The molecule has 0 fully saturated rings. The molecule has 30 heavy (non-hydrogen) atoms. The lowest BCUT2D eigenvalue weighted by molar-refractivity contribution is 0.281. The van der Waals surface area contributed by atoms with E-state index in [1.54, 1.807) is 23.7 Å². The van der Waals surface area contributed by atoms with E-state index in [0.717, 1.165) is 33.2 Å². The summed E-state index contributed by atoms with van der Waals surface area (Å²) < 4.78 is 17.0. The zero-order valence-corrected chi connectivity index (χ0v) is 17.2. The Kier molecular flexibility index (Phi) is 4.30. The van der Waals surface area contributed by atoms with Crippen molar-refractivity contribution >= 4 is 33.3 Å². The highest BCUT2D eigenvalue weighted by molar-refractivity contribution is 7.09. The van der Waals surface area contributed by atoms with E-state index in [1.165, 1.54) is 23.5 Å². The third kappa shape index (κ3) is 2.78. The number of rotatable bonds is 3. The third-order valence-corrected chi connectivity index (χ3v) is 6.32. The second-order valence-corrected chi connectivity index (χ2v) is 8.18. The number of thiazole rings is 1. The number of fused-ring (bicyclic) bond motifs is 3. The van der Waals surface area contributed by atoms with Crippen LogP contribution < -0.4 is 5.56 Å². The van der Waals surface area contributed by atoms with Gasteiger partial charge in [-0.05, 0) is 35.9 Å². The first kappa shape index (κ1) is 18.7. The van der Waals surface area contributed by atoms with Crippen LogP contribution in [0.15, 0.2) is 58.7 Å². The van der Waals surface area contributed by atoms with E-state index in [0.29, 0.717) is 16.1 Å². The van der Waals surface area contributed by atoms with Crippen LogP contribution in [-0.2, 0) is 20.7 Å². The first-order valence-corrected chi connectivity index (χ1v) is 10.3. The predicted molar refractivity (Wildman–Crippen MR) is 118 cm³/mol. The Morgan fingerprint density at radius 2 is 1.73 bits per heavy atom. The maximum atomic E-state index is 13.4. The molecule has 0 radical (unpaired) electrons. The van der Waals surface area contributed by atoms with Crippen molar-refractivity contribution in [1.82, 2.24) is 14.1 Å². The average Bonchev–Trinajstić information content (AvgIpc) is 3.34. The molecule has 7 heteroatoms. The fourth-order valence-corrected chi connectivity index (χ4v) is 4.66. The Labute approximate surface area is 175 Å². The summed E-state index contributed by atoms with van der Waals surface area (Å²) >= 11 is 1.42. The van der Waals surface area contributed by atoms with Crippen molar-refractivity contribution in [3.05, 3.63) is 75.1 Å². The Bertz CT molecular complexity index is 1480. The Morgan fingerprint density at radius 1 is 1.00 bits per heavy atom. The lowest BCUT2D eigenvalue weighted by Gasteiger charge is -2.08. The Balaban J connectivity index is 1.81. The van der Waals surface area contributed by atoms with E-state index in [2.05, 4.69) is 11.1 Å². The first-order valence-electron chi connectivity index (χ1n) is 9.41. The van der Waals surface area contributed by atoms with Crippen molar-refractivity contribution in [3.8, 4) is 22.4 Å². The molecule has 150 valence electrons. The van der Waals surface area contributed by atoms with Crippen LogP contribution in [0.3, 0.4) is 0 Å². The van der Waals surface area contributed by atoms with Gasteiger partial charge in [0.15, 0.2) is 0 Å². The molecule has 0 bridgehead atoms. The smallest absolute Gasteiger partial charge is 0.259 e. The molecule has 0 atom stereocenters. The van der Waals surface area contributed by atoms with E-state index in [9.17, 15) is 14.3 Å². The Morgan fingerprint density at radius 3 is 2.43 bits per heavy atom. The maximum absolute atomic E-state index is 13.4. The molecular weight excluding hydrogens is 401 g/mol. The summed E-state index contributed by atoms with van der Waals surface area (Å²) in [6.45, 7) is -0.0790. The quantitative estimate of drug-likeness (QED) is 0.470. The van der Waals surface area contributed by atoms with Gasteiger partial charge in [-0.1, -0.05) is 18.2 Å². The van der Waals surface area contributed by atoms with Gasteiger partial charge in [0.1, 0.15) is 16.5 Å². The molecule has 0 saturated carbocycles. The maximum Gasteiger partial charge on any atom is 0.259 e. The van der Waals surface area contributed by atoms with Gasteiger partial charge in [0.05, 0.1) is 17.8 Å². The molecule has 2 aromatic carbocycles. The zero-order chi connectivity index (χ0) is 21.0. The van der Waals surface area contributed by atoms with Crippen LogP contribution in [0.1, 0.15) is 5.01 Å². The predicted octanol–water partition coefficient (Wildman–Crippen LogP) is 4.45. The summed E-state index contributed by atoms with van der Waals surface area (Å²) in [5, 5.41) is 13.9. The van der Waals surface area contributed by atoms with Crippen LogP contribution >= 0.6 is 11.3 Å². The summed E-state index contributed by atoms with van der Waals surface area (Å²) in [5.74, 6) is -0.336. The lowest BCUT2D eigenvalue weighted by Crippen LogP contribution is -2.20. The molecule has 3 heterocycles. The number of benzene rings is 2. The Hall–Kier alpha value is -3.29. The van der Waals surface area contributed by atoms with Crippen LogP contribution in [-0.4, -0.2) is 19.2 Å². The number of pyridine rings is 1. The number of aromatic nitrogens is 3. The molecule has 0 aliphatic carbocycles. The van der Waals surface area contributed by atoms with Crippen LogP contribution in [0.5, 0.6) is 0 Å². The number of aliphatic hydroxyl groups is 1. The van der Waals surface area contributed by atoms with Gasteiger partial charge >= 0.3 is 0 Å². The minimum absolute atomic E-state index is 0.0790. The van der Waals surface area contributed by atoms with Crippen LogP contribution in [0, 0.1) is 5.82 Å². The monoisotopic (exact) mass is 419 g/mol. The summed E-state index contributed by atoms with van der Waals surface area (Å²) in [7, 11) is 3.69. The van der Waals surface area contributed by atoms with E-state index in [1.807, 2.05) is 35.2 Å². The topological polar surface area (TPSA) is 60.1 Å². The van der Waals surface area contributed by atoms with Crippen molar-refractivity contribution in [3.63, 3.8) is 0 Å². The molecule has 0 saturated heterocycles. The standard InChI is InChI=1S/C23H18FN3O2S/c1-26-20-8-5-14(19-12-30-21(11-28)25-19)9-17(20)18-10-16(23(29)27(2)22(18)26)13-3-6-15(24)7-4-13/h3-10,12,28H,11H2,1-2H3. The number of halogens is 1. The second kappa shape index (κ2) is 6.90.